The van der Waals surface area contributed by atoms with Crippen LogP contribution in [0.4, 0.5) is 0 Å². The molecule has 0 radical (unpaired) electrons. The van der Waals surface area contributed by atoms with Crippen molar-refractivity contribution in [1.29, 1.82) is 0 Å². The Hall–Kier alpha value is 0.326. The van der Waals surface area contributed by atoms with Gasteiger partial charge in [-0.2, -0.15) is 0 Å². The Bertz CT molecular complexity index is 330. The van der Waals surface area contributed by atoms with E-state index in [9.17, 15) is 9.90 Å². The van der Waals surface area contributed by atoms with Crippen molar-refractivity contribution in [2.75, 3.05) is 0 Å². The largest absolute Gasteiger partial charge is 1.00 e. The average Bonchev–Trinajstić information content (AvgIpc) is 2.17. The summed E-state index contributed by atoms with van der Waals surface area (Å²) in [5.41, 5.74) is 2.06. The summed E-state index contributed by atoms with van der Waals surface area (Å²) in [4.78, 5) is 10.7. The number of rotatable bonds is 4. The van der Waals surface area contributed by atoms with Crippen molar-refractivity contribution in [2.45, 2.75) is 33.1 Å². The maximum absolute atomic E-state index is 10.7. The number of aliphatic carboxylic acids is 1. The van der Waals surface area contributed by atoms with Crippen LogP contribution in [0.25, 0.3) is 0 Å². The molecule has 0 aromatic heterocycles. The third-order valence-corrected chi connectivity index (χ3v) is 2.48. The van der Waals surface area contributed by atoms with E-state index in [1.807, 2.05) is 24.3 Å². The van der Waals surface area contributed by atoms with Crippen LogP contribution < -0.4 is 56.5 Å². The van der Waals surface area contributed by atoms with Gasteiger partial charge in [0.05, 0.1) is 0 Å². The molecule has 3 heteroatoms. The van der Waals surface area contributed by atoms with E-state index >= 15 is 0 Å². The summed E-state index contributed by atoms with van der Waals surface area (Å²) in [6, 6.07) is 7.74. The second-order valence-corrected chi connectivity index (χ2v) is 4.38. The van der Waals surface area contributed by atoms with Crippen LogP contribution in [0.2, 0.25) is 0 Å². The monoisotopic (exact) mass is 244 g/mol. The second-order valence-electron chi connectivity index (χ2n) is 4.38. The first kappa shape index (κ1) is 16.3. The van der Waals surface area contributed by atoms with Crippen molar-refractivity contribution in [3.8, 4) is 0 Å². The van der Waals surface area contributed by atoms with Crippen molar-refractivity contribution in [1.82, 2.24) is 0 Å². The quantitative estimate of drug-likeness (QED) is 0.621. The summed E-state index contributed by atoms with van der Waals surface area (Å²) in [5, 5.41) is 10.7. The van der Waals surface area contributed by atoms with Crippen LogP contribution >= 0.6 is 0 Å². The Labute approximate surface area is 140 Å². The first-order valence-corrected chi connectivity index (χ1v) is 5.30. The molecule has 2 nitrogen and oxygen atoms in total. The van der Waals surface area contributed by atoms with Crippen molar-refractivity contribution in [3.05, 3.63) is 35.4 Å². The van der Waals surface area contributed by atoms with E-state index in [-0.39, 0.29) is 51.4 Å². The fourth-order valence-electron chi connectivity index (χ4n) is 1.55. The van der Waals surface area contributed by atoms with Crippen LogP contribution in [0.1, 0.15) is 37.8 Å². The Balaban J connectivity index is 0.00000225. The van der Waals surface area contributed by atoms with E-state index in [1.54, 1.807) is 6.92 Å². The molecule has 0 fully saturated rings. The molecule has 16 heavy (non-hydrogen) atoms. The number of carboxylic acids is 1. The molecule has 0 bridgehead atoms. The first-order valence-electron chi connectivity index (χ1n) is 5.30. The van der Waals surface area contributed by atoms with Crippen LogP contribution in [0.5, 0.6) is 0 Å². The summed E-state index contributed by atoms with van der Waals surface area (Å²) >= 11 is 0. The van der Waals surface area contributed by atoms with Gasteiger partial charge in [0.1, 0.15) is 0 Å². The van der Waals surface area contributed by atoms with Gasteiger partial charge in [-0.3, -0.25) is 0 Å². The summed E-state index contributed by atoms with van der Waals surface area (Å²) in [7, 11) is 0. The van der Waals surface area contributed by atoms with Crippen molar-refractivity contribution >= 4 is 5.97 Å². The smallest absolute Gasteiger partial charge is 0.550 e. The molecular weight excluding hydrogens is 227 g/mol. The number of hydrogen-bond acceptors (Lipinski definition) is 2. The molecule has 1 aromatic rings. The van der Waals surface area contributed by atoms with E-state index in [2.05, 4.69) is 13.8 Å². The van der Waals surface area contributed by atoms with E-state index in [1.165, 1.54) is 5.56 Å². The molecule has 1 atom stereocenters. The molecule has 0 aliphatic carbocycles. The van der Waals surface area contributed by atoms with E-state index in [0.29, 0.717) is 5.92 Å². The predicted octanol–water partition coefficient (Wildman–Crippen LogP) is -1.26. The number of carbonyl (C=O) groups is 1. The third kappa shape index (κ3) is 5.10. The number of hydrogen-bond donors (Lipinski definition) is 0. The van der Waals surface area contributed by atoms with Gasteiger partial charge >= 0.3 is 51.4 Å². The molecular formula is C13H17KO2. The topological polar surface area (TPSA) is 40.1 Å². The van der Waals surface area contributed by atoms with Gasteiger partial charge in [-0.05, 0) is 23.5 Å². The van der Waals surface area contributed by atoms with Gasteiger partial charge in [-0.25, -0.2) is 0 Å². The fraction of sp³-hybridized carbons (Fsp3) is 0.462. The molecule has 0 aliphatic rings. The second kappa shape index (κ2) is 7.61. The summed E-state index contributed by atoms with van der Waals surface area (Å²) in [6.45, 7) is 5.97. The molecule has 0 aliphatic heterocycles. The minimum atomic E-state index is -1.02. The summed E-state index contributed by atoms with van der Waals surface area (Å²) in [5.74, 6) is -0.931. The Morgan fingerprint density at radius 3 is 2.06 bits per heavy atom. The predicted molar refractivity (Wildman–Crippen MR) is 58.4 cm³/mol. The Kier molecular flexibility index (Phi) is 7.77. The Morgan fingerprint density at radius 1 is 1.19 bits per heavy atom. The first-order chi connectivity index (χ1) is 7.00. The zero-order chi connectivity index (χ0) is 11.4. The van der Waals surface area contributed by atoms with E-state index in [0.717, 1.165) is 12.0 Å². The zero-order valence-corrected chi connectivity index (χ0v) is 13.6. The van der Waals surface area contributed by atoms with Gasteiger partial charge in [0.15, 0.2) is 0 Å². The molecule has 0 amide bonds. The molecule has 0 spiro atoms. The van der Waals surface area contributed by atoms with Crippen molar-refractivity contribution < 1.29 is 61.3 Å². The molecule has 0 saturated heterocycles. The van der Waals surface area contributed by atoms with Gasteiger partial charge in [-0.15, -0.1) is 0 Å². The van der Waals surface area contributed by atoms with Crippen LogP contribution in [-0.2, 0) is 11.2 Å². The molecule has 0 N–H and O–H groups in total. The van der Waals surface area contributed by atoms with Crippen LogP contribution in [0, 0.1) is 5.92 Å². The molecule has 1 aromatic carbocycles. The van der Waals surface area contributed by atoms with Crippen molar-refractivity contribution in [3.63, 3.8) is 0 Å². The van der Waals surface area contributed by atoms with Gasteiger partial charge in [0.25, 0.3) is 0 Å². The van der Waals surface area contributed by atoms with E-state index < -0.39 is 11.9 Å². The molecule has 1 unspecified atom stereocenters. The Morgan fingerprint density at radius 2 is 1.69 bits per heavy atom. The van der Waals surface area contributed by atoms with Gasteiger partial charge < -0.3 is 9.90 Å². The minimum Gasteiger partial charge on any atom is -0.550 e. The van der Waals surface area contributed by atoms with Crippen LogP contribution in [0.3, 0.4) is 0 Å². The minimum absolute atomic E-state index is 0. The maximum atomic E-state index is 10.7. The molecule has 1 rings (SSSR count). The molecule has 0 saturated carbocycles. The normalized spacial score (nSPS) is 12.0. The summed E-state index contributed by atoms with van der Waals surface area (Å²) < 4.78 is 0. The maximum Gasteiger partial charge on any atom is 1.00 e. The van der Waals surface area contributed by atoms with Gasteiger partial charge in [0, 0.05) is 11.9 Å². The van der Waals surface area contributed by atoms with Crippen molar-refractivity contribution in [2.24, 2.45) is 5.92 Å². The average molecular weight is 244 g/mol. The number of benzene rings is 1. The molecule has 0 heterocycles. The third-order valence-electron chi connectivity index (χ3n) is 2.48. The SMILES string of the molecule is CC(C)Cc1ccc(C(C)C(=O)[O-])cc1.[K+]. The number of carbonyl (C=O) groups excluding carboxylic acids is 1. The van der Waals surface area contributed by atoms with Gasteiger partial charge in [0.2, 0.25) is 0 Å². The van der Waals surface area contributed by atoms with Gasteiger partial charge in [-0.1, -0.05) is 45.0 Å². The molecule has 82 valence electrons. The summed E-state index contributed by atoms with van der Waals surface area (Å²) in [6.07, 6.45) is 1.03. The van der Waals surface area contributed by atoms with Crippen LogP contribution in [0.15, 0.2) is 24.3 Å². The number of carboxylic acid groups (broad SMARTS) is 1. The fourth-order valence-corrected chi connectivity index (χ4v) is 1.55. The zero-order valence-electron chi connectivity index (χ0n) is 10.5. The van der Waals surface area contributed by atoms with E-state index in [4.69, 9.17) is 0 Å². The standard InChI is InChI=1S/C13H18O2.K/c1-9(2)8-11-4-6-12(7-5-11)10(3)13(14)15;/h4-7,9-10H,8H2,1-3H3,(H,14,15);/q;+1/p-1. The van der Waals surface area contributed by atoms with Crippen LogP contribution in [-0.4, -0.2) is 5.97 Å².